The van der Waals surface area contributed by atoms with E-state index in [2.05, 4.69) is 10.6 Å². The van der Waals surface area contributed by atoms with Crippen LogP contribution in [0.25, 0.3) is 0 Å². The number of para-hydroxylation sites is 1. The molecule has 1 atom stereocenters. The second-order valence-corrected chi connectivity index (χ2v) is 7.26. The summed E-state index contributed by atoms with van der Waals surface area (Å²) in [5, 5.41) is 5.45. The van der Waals surface area contributed by atoms with Crippen molar-refractivity contribution in [3.63, 3.8) is 0 Å². The lowest BCUT2D eigenvalue weighted by atomic mass is 10.1. The average molecular weight is 431 g/mol. The van der Waals surface area contributed by atoms with Crippen LogP contribution in [0.3, 0.4) is 0 Å². The van der Waals surface area contributed by atoms with Crippen LogP contribution in [0, 0.1) is 19.8 Å². The fourth-order valence-corrected chi connectivity index (χ4v) is 3.58. The standard InChI is InChI=1S/C22H26N4O3.ClH/c1-14-11-15(2)13-16(12-14)26-10-7-18(22(26)29)21(28)25-19-6-4-3-5-17(19)20(27)24-9-8-23;/h3-6,11-13,18H,7-10,23H2,1-2H3,(H,24,27)(H,25,28);1H. The zero-order valence-electron chi connectivity index (χ0n) is 17.1. The second-order valence-electron chi connectivity index (χ2n) is 7.26. The molecule has 8 heteroatoms. The highest BCUT2D eigenvalue weighted by atomic mass is 35.5. The van der Waals surface area contributed by atoms with Crippen molar-refractivity contribution in [3.8, 4) is 0 Å². The van der Waals surface area contributed by atoms with E-state index in [4.69, 9.17) is 5.73 Å². The van der Waals surface area contributed by atoms with Gasteiger partial charge in [0.15, 0.2) is 0 Å². The zero-order valence-corrected chi connectivity index (χ0v) is 17.9. The quantitative estimate of drug-likeness (QED) is 0.612. The van der Waals surface area contributed by atoms with E-state index in [-0.39, 0.29) is 24.2 Å². The first-order valence-electron chi connectivity index (χ1n) is 9.68. The number of carbonyl (C=O) groups is 3. The van der Waals surface area contributed by atoms with E-state index in [0.717, 1.165) is 16.8 Å². The molecule has 1 heterocycles. The van der Waals surface area contributed by atoms with Crippen LogP contribution in [0.4, 0.5) is 11.4 Å². The Hall–Kier alpha value is -2.90. The highest BCUT2D eigenvalue weighted by Crippen LogP contribution is 2.28. The van der Waals surface area contributed by atoms with Gasteiger partial charge in [0.2, 0.25) is 11.8 Å². The van der Waals surface area contributed by atoms with Gasteiger partial charge in [-0.1, -0.05) is 18.2 Å². The molecule has 2 aromatic rings. The molecule has 1 saturated heterocycles. The van der Waals surface area contributed by atoms with Crippen molar-refractivity contribution >= 4 is 41.5 Å². The predicted molar refractivity (Wildman–Crippen MR) is 120 cm³/mol. The van der Waals surface area contributed by atoms with Gasteiger partial charge in [-0.3, -0.25) is 14.4 Å². The number of amides is 3. The Labute approximate surface area is 182 Å². The van der Waals surface area contributed by atoms with E-state index in [9.17, 15) is 14.4 Å². The summed E-state index contributed by atoms with van der Waals surface area (Å²) in [4.78, 5) is 39.7. The number of nitrogens with one attached hydrogen (secondary N) is 2. The van der Waals surface area contributed by atoms with Crippen LogP contribution in [0.2, 0.25) is 0 Å². The summed E-state index contributed by atoms with van der Waals surface area (Å²) in [5.41, 5.74) is 9.09. The molecule has 0 aromatic heterocycles. The van der Waals surface area contributed by atoms with Gasteiger partial charge in [0.05, 0.1) is 11.3 Å². The summed E-state index contributed by atoms with van der Waals surface area (Å²) < 4.78 is 0. The van der Waals surface area contributed by atoms with E-state index in [0.29, 0.717) is 37.3 Å². The molecule has 1 fully saturated rings. The van der Waals surface area contributed by atoms with Gasteiger partial charge in [-0.15, -0.1) is 12.4 Å². The molecule has 1 aliphatic heterocycles. The highest BCUT2D eigenvalue weighted by Gasteiger charge is 2.38. The first kappa shape index (κ1) is 23.4. The van der Waals surface area contributed by atoms with Crippen molar-refractivity contribution in [1.82, 2.24) is 5.32 Å². The largest absolute Gasteiger partial charge is 0.351 e. The average Bonchev–Trinajstić information content (AvgIpc) is 3.07. The summed E-state index contributed by atoms with van der Waals surface area (Å²) in [6.07, 6.45) is 0.430. The minimum Gasteiger partial charge on any atom is -0.351 e. The Balaban J connectivity index is 0.00000320. The third-order valence-electron chi connectivity index (χ3n) is 4.90. The maximum Gasteiger partial charge on any atom is 0.253 e. The molecule has 0 aliphatic carbocycles. The second kappa shape index (κ2) is 10.2. The molecule has 4 N–H and O–H groups in total. The van der Waals surface area contributed by atoms with E-state index in [1.807, 2.05) is 32.0 Å². The molecule has 1 unspecified atom stereocenters. The molecule has 0 bridgehead atoms. The van der Waals surface area contributed by atoms with Crippen molar-refractivity contribution in [3.05, 3.63) is 59.2 Å². The first-order chi connectivity index (χ1) is 13.9. The van der Waals surface area contributed by atoms with Gasteiger partial charge >= 0.3 is 0 Å². The van der Waals surface area contributed by atoms with Gasteiger partial charge in [0.25, 0.3) is 5.91 Å². The van der Waals surface area contributed by atoms with Crippen molar-refractivity contribution in [1.29, 1.82) is 0 Å². The summed E-state index contributed by atoms with van der Waals surface area (Å²) in [5.74, 6) is -1.73. The Morgan fingerprint density at radius 2 is 1.80 bits per heavy atom. The van der Waals surface area contributed by atoms with Gasteiger partial charge in [-0.2, -0.15) is 0 Å². The minimum atomic E-state index is -0.782. The van der Waals surface area contributed by atoms with Crippen LogP contribution < -0.4 is 21.3 Å². The smallest absolute Gasteiger partial charge is 0.253 e. The Kier molecular flexibility index (Phi) is 7.97. The molecule has 160 valence electrons. The number of aryl methyl sites for hydroxylation is 2. The number of nitrogens with two attached hydrogens (primary N) is 1. The maximum absolute atomic E-state index is 12.9. The number of hydrogen-bond acceptors (Lipinski definition) is 4. The lowest BCUT2D eigenvalue weighted by Gasteiger charge is -2.18. The third kappa shape index (κ3) is 5.17. The van der Waals surface area contributed by atoms with E-state index in [1.165, 1.54) is 0 Å². The maximum atomic E-state index is 12.9. The fraction of sp³-hybridized carbons (Fsp3) is 0.318. The van der Waals surface area contributed by atoms with Gasteiger partial charge in [0.1, 0.15) is 5.92 Å². The normalized spacial score (nSPS) is 15.5. The number of rotatable bonds is 6. The summed E-state index contributed by atoms with van der Waals surface area (Å²) in [6, 6.07) is 12.7. The lowest BCUT2D eigenvalue weighted by molar-refractivity contribution is -0.129. The van der Waals surface area contributed by atoms with E-state index < -0.39 is 11.8 Å². The van der Waals surface area contributed by atoms with Crippen molar-refractivity contribution < 1.29 is 14.4 Å². The third-order valence-corrected chi connectivity index (χ3v) is 4.90. The van der Waals surface area contributed by atoms with Crippen LogP contribution in [-0.4, -0.2) is 37.4 Å². The summed E-state index contributed by atoms with van der Waals surface area (Å²) in [6.45, 7) is 5.11. The molecule has 3 rings (SSSR count). The van der Waals surface area contributed by atoms with Gasteiger partial charge in [-0.25, -0.2) is 0 Å². The van der Waals surface area contributed by atoms with Crippen LogP contribution >= 0.6 is 12.4 Å². The van der Waals surface area contributed by atoms with Crippen LogP contribution in [0.5, 0.6) is 0 Å². The lowest BCUT2D eigenvalue weighted by Crippen LogP contribution is -2.34. The molecule has 3 amide bonds. The molecule has 2 aromatic carbocycles. The monoisotopic (exact) mass is 430 g/mol. The zero-order chi connectivity index (χ0) is 21.0. The molecule has 30 heavy (non-hydrogen) atoms. The predicted octanol–water partition coefficient (Wildman–Crippen LogP) is 2.41. The number of halogens is 1. The topological polar surface area (TPSA) is 105 Å². The summed E-state index contributed by atoms with van der Waals surface area (Å²) >= 11 is 0. The minimum absolute atomic E-state index is 0. The fourth-order valence-electron chi connectivity index (χ4n) is 3.58. The molecular weight excluding hydrogens is 404 g/mol. The van der Waals surface area contributed by atoms with E-state index >= 15 is 0 Å². The van der Waals surface area contributed by atoms with E-state index in [1.54, 1.807) is 29.2 Å². The number of anilines is 2. The molecular formula is C22H27ClN4O3. The molecule has 0 spiro atoms. The first-order valence-corrected chi connectivity index (χ1v) is 9.68. The van der Waals surface area contributed by atoms with Gasteiger partial charge in [0, 0.05) is 25.3 Å². The molecule has 7 nitrogen and oxygen atoms in total. The van der Waals surface area contributed by atoms with Gasteiger partial charge in [-0.05, 0) is 55.7 Å². The van der Waals surface area contributed by atoms with Crippen molar-refractivity contribution in [2.24, 2.45) is 11.7 Å². The van der Waals surface area contributed by atoms with Crippen LogP contribution in [0.1, 0.15) is 27.9 Å². The Morgan fingerprint density at radius 1 is 1.13 bits per heavy atom. The summed E-state index contributed by atoms with van der Waals surface area (Å²) in [7, 11) is 0. The number of benzene rings is 2. The van der Waals surface area contributed by atoms with Crippen LogP contribution in [-0.2, 0) is 9.59 Å². The van der Waals surface area contributed by atoms with Crippen LogP contribution in [0.15, 0.2) is 42.5 Å². The Bertz CT molecular complexity index is 927. The number of nitrogens with zero attached hydrogens (tertiary/aromatic N) is 1. The Morgan fingerprint density at radius 3 is 2.47 bits per heavy atom. The number of carbonyl (C=O) groups excluding carboxylic acids is 3. The highest BCUT2D eigenvalue weighted by molar-refractivity contribution is 6.14. The van der Waals surface area contributed by atoms with Gasteiger partial charge < -0.3 is 21.3 Å². The molecule has 0 saturated carbocycles. The molecule has 1 aliphatic rings. The van der Waals surface area contributed by atoms with Crippen molar-refractivity contribution in [2.45, 2.75) is 20.3 Å². The van der Waals surface area contributed by atoms with Crippen molar-refractivity contribution in [2.75, 3.05) is 29.9 Å². The number of hydrogen-bond donors (Lipinski definition) is 3. The molecule has 0 radical (unpaired) electrons. The SMILES string of the molecule is Cc1cc(C)cc(N2CCC(C(=O)Nc3ccccc3C(=O)NCCN)C2=O)c1.Cl.